The van der Waals surface area contributed by atoms with Crippen LogP contribution < -0.4 is 16.4 Å². The van der Waals surface area contributed by atoms with Gasteiger partial charge < -0.3 is 21.5 Å². The smallest absolute Gasteiger partial charge is 0.398 e. The second-order valence-electron chi connectivity index (χ2n) is 6.80. The molecule has 2 atom stereocenters. The van der Waals surface area contributed by atoms with Gasteiger partial charge in [-0.25, -0.2) is 9.97 Å². The third-order valence-electron chi connectivity index (χ3n) is 5.06. The van der Waals surface area contributed by atoms with Crippen molar-refractivity contribution in [2.24, 2.45) is 28.3 Å². The van der Waals surface area contributed by atoms with Gasteiger partial charge in [0.2, 0.25) is 0 Å². The number of hydrogen-bond acceptors (Lipinski definition) is 8. The number of nitrogens with zero attached hydrogens (tertiary/aromatic N) is 5. The lowest BCUT2D eigenvalue weighted by Crippen LogP contribution is -2.49. The maximum absolute atomic E-state index is 13.5. The van der Waals surface area contributed by atoms with Crippen LogP contribution in [0.2, 0.25) is 0 Å². The predicted molar refractivity (Wildman–Crippen MR) is 95.1 cm³/mol. The predicted octanol–water partition coefficient (Wildman–Crippen LogP) is 0.214. The zero-order valence-corrected chi connectivity index (χ0v) is 15.1. The van der Waals surface area contributed by atoms with E-state index in [0.29, 0.717) is 31.7 Å². The lowest BCUT2D eigenvalue weighted by Gasteiger charge is -2.36. The first-order valence-electron chi connectivity index (χ1n) is 8.73. The van der Waals surface area contributed by atoms with E-state index in [1.165, 1.54) is 12.4 Å². The zero-order valence-electron chi connectivity index (χ0n) is 15.1. The van der Waals surface area contributed by atoms with Gasteiger partial charge in [-0.2, -0.15) is 23.4 Å². The average Bonchev–Trinajstić information content (AvgIpc) is 2.69. The molecule has 12 heteroatoms. The van der Waals surface area contributed by atoms with Crippen LogP contribution in [0.15, 0.2) is 28.7 Å². The Morgan fingerprint density at radius 1 is 1.28 bits per heavy atom. The molecular weight excluding hydrogens is 391 g/mol. The molecule has 1 aromatic rings. The van der Waals surface area contributed by atoms with Gasteiger partial charge in [-0.15, -0.1) is 0 Å². The molecular formula is C17H18F3N7O2. The van der Waals surface area contributed by atoms with Gasteiger partial charge in [0.25, 0.3) is 5.91 Å². The molecule has 5 N–H and O–H groups in total. The number of amidine groups is 1. The standard InChI is InChI=1S/C17H18F3N7O2/c18-17(19,20)12-11(15(23)26-16(29)14(12)28)13(22)8-1-3-27(4-2-8)10-7-24-9(5-21)6-25-10/h6-8,12,14,28H,1-4,22H2,(H2,23,26,29)/t12-,14-/m1/s1. The number of alkyl halides is 3. The number of aliphatic hydroxyl groups is 1. The average molecular weight is 409 g/mol. The normalized spacial score (nSPS) is 25.4. The molecule has 29 heavy (non-hydrogen) atoms. The Hall–Kier alpha value is -3.20. The van der Waals surface area contributed by atoms with Gasteiger partial charge in [0, 0.05) is 30.3 Å². The number of amides is 1. The highest BCUT2D eigenvalue weighted by molar-refractivity contribution is 6.09. The summed E-state index contributed by atoms with van der Waals surface area (Å²) in [6.45, 7) is 0.878. The lowest BCUT2D eigenvalue weighted by molar-refractivity contribution is -0.190. The Bertz CT molecular complexity index is 897. The fourth-order valence-corrected chi connectivity index (χ4v) is 3.56. The molecule has 0 unspecified atom stereocenters. The third-order valence-corrected chi connectivity index (χ3v) is 5.06. The molecule has 1 fully saturated rings. The molecule has 3 rings (SSSR count). The minimum atomic E-state index is -4.91. The number of allylic oxidation sites excluding steroid dienone is 1. The second kappa shape index (κ2) is 7.67. The number of hydrogen-bond donors (Lipinski definition) is 3. The maximum atomic E-state index is 13.5. The highest BCUT2D eigenvalue weighted by Crippen LogP contribution is 2.40. The summed E-state index contributed by atoms with van der Waals surface area (Å²) in [7, 11) is 0. The zero-order chi connectivity index (χ0) is 21.3. The van der Waals surface area contributed by atoms with Crippen LogP contribution in [-0.2, 0) is 4.79 Å². The Morgan fingerprint density at radius 2 is 1.93 bits per heavy atom. The number of nitriles is 1. The van der Waals surface area contributed by atoms with Crippen LogP contribution in [0.3, 0.4) is 0 Å². The van der Waals surface area contributed by atoms with Gasteiger partial charge >= 0.3 is 6.18 Å². The van der Waals surface area contributed by atoms with E-state index in [2.05, 4.69) is 15.0 Å². The molecule has 2 aliphatic heterocycles. The summed E-state index contributed by atoms with van der Waals surface area (Å²) in [5.74, 6) is -4.35. The fraction of sp³-hybridized carbons (Fsp3) is 0.471. The van der Waals surface area contributed by atoms with E-state index in [0.717, 1.165) is 0 Å². The number of aliphatic imine (C=N–C) groups is 1. The summed E-state index contributed by atoms with van der Waals surface area (Å²) < 4.78 is 40.5. The number of aromatic nitrogens is 2. The first kappa shape index (κ1) is 20.5. The monoisotopic (exact) mass is 409 g/mol. The number of aliphatic hydroxyl groups excluding tert-OH is 1. The highest BCUT2D eigenvalue weighted by Gasteiger charge is 2.53. The van der Waals surface area contributed by atoms with Gasteiger partial charge in [0.1, 0.15) is 23.6 Å². The first-order valence-corrected chi connectivity index (χ1v) is 8.73. The Labute approximate surface area is 163 Å². The van der Waals surface area contributed by atoms with Crippen molar-refractivity contribution in [1.29, 1.82) is 5.26 Å². The molecule has 0 spiro atoms. The molecule has 0 bridgehead atoms. The van der Waals surface area contributed by atoms with Crippen molar-refractivity contribution in [2.45, 2.75) is 25.1 Å². The molecule has 2 aliphatic rings. The van der Waals surface area contributed by atoms with Crippen molar-refractivity contribution in [3.8, 4) is 6.07 Å². The van der Waals surface area contributed by atoms with Crippen LogP contribution >= 0.6 is 0 Å². The van der Waals surface area contributed by atoms with Gasteiger partial charge in [0.15, 0.2) is 11.8 Å². The summed E-state index contributed by atoms with van der Waals surface area (Å²) in [5.41, 5.74) is 11.2. The number of piperidine rings is 1. The molecule has 1 amide bonds. The Kier molecular flexibility index (Phi) is 5.43. The van der Waals surface area contributed by atoms with E-state index in [1.54, 1.807) is 0 Å². The van der Waals surface area contributed by atoms with E-state index in [4.69, 9.17) is 16.7 Å². The summed E-state index contributed by atoms with van der Waals surface area (Å²) in [4.78, 5) is 24.8. The summed E-state index contributed by atoms with van der Waals surface area (Å²) in [6.07, 6.45) is -3.69. The number of nitrogens with two attached hydrogens (primary N) is 2. The minimum Gasteiger partial charge on any atom is -0.401 e. The number of rotatable bonds is 2. The third kappa shape index (κ3) is 4.00. The van der Waals surface area contributed by atoms with Crippen molar-refractivity contribution in [3.05, 3.63) is 29.4 Å². The van der Waals surface area contributed by atoms with Gasteiger partial charge in [-0.1, -0.05) is 0 Å². The van der Waals surface area contributed by atoms with Crippen LogP contribution in [-0.4, -0.2) is 52.2 Å². The van der Waals surface area contributed by atoms with Crippen LogP contribution in [0.1, 0.15) is 18.5 Å². The van der Waals surface area contributed by atoms with E-state index in [-0.39, 0.29) is 11.4 Å². The van der Waals surface area contributed by atoms with Crippen molar-refractivity contribution in [2.75, 3.05) is 18.0 Å². The topological polar surface area (TPSA) is 155 Å². The van der Waals surface area contributed by atoms with Crippen molar-refractivity contribution in [1.82, 2.24) is 9.97 Å². The van der Waals surface area contributed by atoms with E-state index in [9.17, 15) is 23.1 Å². The maximum Gasteiger partial charge on any atom is 0.398 e. The van der Waals surface area contributed by atoms with Gasteiger partial charge in [-0.3, -0.25) is 4.79 Å². The van der Waals surface area contributed by atoms with Crippen LogP contribution in [0.5, 0.6) is 0 Å². The van der Waals surface area contributed by atoms with Gasteiger partial charge in [0.05, 0.1) is 12.4 Å². The molecule has 1 aromatic heterocycles. The minimum absolute atomic E-state index is 0.120. The van der Waals surface area contributed by atoms with Crippen LogP contribution in [0.4, 0.5) is 19.0 Å². The first-order chi connectivity index (χ1) is 13.6. The largest absolute Gasteiger partial charge is 0.401 e. The van der Waals surface area contributed by atoms with E-state index < -0.39 is 41.4 Å². The van der Waals surface area contributed by atoms with E-state index in [1.807, 2.05) is 11.0 Å². The van der Waals surface area contributed by atoms with Crippen LogP contribution in [0.25, 0.3) is 0 Å². The van der Waals surface area contributed by atoms with Crippen molar-refractivity contribution >= 4 is 17.6 Å². The number of carbonyl (C=O) groups is 1. The lowest BCUT2D eigenvalue weighted by atomic mass is 9.82. The Balaban J connectivity index is 1.83. The van der Waals surface area contributed by atoms with Crippen LogP contribution in [0, 0.1) is 23.2 Å². The molecule has 0 saturated carbocycles. The fourth-order valence-electron chi connectivity index (χ4n) is 3.56. The number of anilines is 1. The van der Waals surface area contributed by atoms with Crippen molar-refractivity contribution < 1.29 is 23.1 Å². The second-order valence-corrected chi connectivity index (χ2v) is 6.80. The quantitative estimate of drug-likeness (QED) is 0.626. The molecule has 0 aromatic carbocycles. The molecule has 0 aliphatic carbocycles. The molecule has 1 saturated heterocycles. The van der Waals surface area contributed by atoms with E-state index >= 15 is 0 Å². The SMILES string of the molecule is N#Cc1cnc(N2CCC(C(N)=C3C(N)=NC(=O)[C@H](O)[C@@H]3C(F)(F)F)CC2)cn1. The van der Waals surface area contributed by atoms with Crippen molar-refractivity contribution in [3.63, 3.8) is 0 Å². The number of carbonyl (C=O) groups excluding carboxylic acids is 1. The molecule has 3 heterocycles. The molecule has 0 radical (unpaired) electrons. The molecule has 154 valence electrons. The summed E-state index contributed by atoms with van der Waals surface area (Å²) >= 11 is 0. The highest BCUT2D eigenvalue weighted by atomic mass is 19.4. The summed E-state index contributed by atoms with van der Waals surface area (Å²) in [6, 6.07) is 1.87. The number of halogens is 3. The summed E-state index contributed by atoms with van der Waals surface area (Å²) in [5, 5.41) is 18.5. The van der Waals surface area contributed by atoms with Gasteiger partial charge in [-0.05, 0) is 12.8 Å². The Morgan fingerprint density at radius 3 is 2.45 bits per heavy atom. The molecule has 9 nitrogen and oxygen atoms in total.